The maximum atomic E-state index is 12.1. The summed E-state index contributed by atoms with van der Waals surface area (Å²) in [7, 11) is 0. The highest BCUT2D eigenvalue weighted by atomic mass is 35.5. The third-order valence-corrected chi connectivity index (χ3v) is 3.39. The number of aliphatic carboxylic acids is 1. The first-order valence-electron chi connectivity index (χ1n) is 5.78. The first-order valence-corrected chi connectivity index (χ1v) is 6.66. The molecule has 2 atom stereocenters. The van der Waals surface area contributed by atoms with Gasteiger partial charge in [0.1, 0.15) is 12.6 Å². The van der Waals surface area contributed by atoms with Gasteiger partial charge in [-0.3, -0.25) is 19.2 Å². The molecule has 0 saturated carbocycles. The monoisotopic (exact) mass is 340 g/mol. The molecule has 0 aliphatic carbocycles. The van der Waals surface area contributed by atoms with Gasteiger partial charge in [0.25, 0.3) is 11.8 Å². The summed E-state index contributed by atoms with van der Waals surface area (Å²) in [5.74, 6) is -3.99. The van der Waals surface area contributed by atoms with E-state index in [2.05, 4.69) is 5.32 Å². The van der Waals surface area contributed by atoms with Crippen molar-refractivity contribution >= 4 is 47.0 Å². The summed E-state index contributed by atoms with van der Waals surface area (Å²) in [5, 5.41) is 11.9. The molecular formula is C10H10Cl2N2O7. The summed E-state index contributed by atoms with van der Waals surface area (Å²) in [6.07, 6.45) is -0.414. The van der Waals surface area contributed by atoms with Crippen molar-refractivity contribution in [1.82, 2.24) is 10.4 Å². The first kappa shape index (κ1) is 15.8. The van der Waals surface area contributed by atoms with E-state index >= 15 is 0 Å². The van der Waals surface area contributed by atoms with E-state index in [1.807, 2.05) is 0 Å². The molecule has 2 saturated heterocycles. The molecule has 0 radical (unpaired) electrons. The number of hydrogen-bond acceptors (Lipinski definition) is 6. The average molecular weight is 341 g/mol. The third-order valence-electron chi connectivity index (χ3n) is 3.00. The molecule has 2 fully saturated rings. The largest absolute Gasteiger partial charge is 0.477 e. The highest BCUT2D eigenvalue weighted by molar-refractivity contribution is 6.53. The summed E-state index contributed by atoms with van der Waals surface area (Å²) in [4.78, 5) is 49.6. The molecule has 2 N–H and O–H groups in total. The fourth-order valence-electron chi connectivity index (χ4n) is 1.99. The second-order valence-corrected chi connectivity index (χ2v) is 5.45. The number of halogens is 2. The molecule has 2 aliphatic heterocycles. The van der Waals surface area contributed by atoms with E-state index in [1.165, 1.54) is 0 Å². The molecule has 0 aromatic heterocycles. The first-order chi connectivity index (χ1) is 9.78. The fourth-order valence-corrected chi connectivity index (χ4v) is 2.11. The zero-order chi connectivity index (χ0) is 15.8. The van der Waals surface area contributed by atoms with Crippen LogP contribution in [-0.2, 0) is 28.8 Å². The highest BCUT2D eigenvalue weighted by Gasteiger charge is 2.59. The van der Waals surface area contributed by atoms with Crippen LogP contribution >= 0.6 is 23.2 Å². The molecule has 2 rings (SSSR count). The van der Waals surface area contributed by atoms with Crippen LogP contribution in [0.3, 0.4) is 0 Å². The minimum atomic E-state index is -2.21. The molecule has 21 heavy (non-hydrogen) atoms. The lowest BCUT2D eigenvalue weighted by Gasteiger charge is -2.30. The third kappa shape index (κ3) is 2.76. The number of esters is 1. The number of hydrogen-bond donors (Lipinski definition) is 2. The van der Waals surface area contributed by atoms with E-state index < -0.39 is 40.4 Å². The van der Waals surface area contributed by atoms with Crippen molar-refractivity contribution in [2.45, 2.75) is 29.4 Å². The highest BCUT2D eigenvalue weighted by Crippen LogP contribution is 2.34. The van der Waals surface area contributed by atoms with Gasteiger partial charge >= 0.3 is 17.7 Å². The zero-order valence-corrected chi connectivity index (χ0v) is 11.9. The number of carboxylic acid groups (broad SMARTS) is 1. The van der Waals surface area contributed by atoms with E-state index in [0.29, 0.717) is 5.06 Å². The predicted molar refractivity (Wildman–Crippen MR) is 65.9 cm³/mol. The Bertz CT molecular complexity index is 512. The van der Waals surface area contributed by atoms with E-state index in [4.69, 9.17) is 32.8 Å². The minimum absolute atomic E-state index is 0.165. The van der Waals surface area contributed by atoms with Gasteiger partial charge in [-0.15, -0.1) is 0 Å². The molecule has 0 bridgehead atoms. The van der Waals surface area contributed by atoms with Crippen LogP contribution < -0.4 is 5.32 Å². The van der Waals surface area contributed by atoms with Gasteiger partial charge in [-0.05, 0) is 0 Å². The Labute approximate surface area is 128 Å². The van der Waals surface area contributed by atoms with Gasteiger partial charge in [-0.2, -0.15) is 5.06 Å². The van der Waals surface area contributed by atoms with E-state index in [1.54, 1.807) is 0 Å². The van der Waals surface area contributed by atoms with Crippen LogP contribution in [0.15, 0.2) is 0 Å². The molecule has 11 heteroatoms. The van der Waals surface area contributed by atoms with Crippen LogP contribution in [0, 0.1) is 0 Å². The summed E-state index contributed by atoms with van der Waals surface area (Å²) in [5.41, 5.74) is -2.21. The smallest absolute Gasteiger partial charge is 0.372 e. The Balaban J connectivity index is 2.15. The molecule has 0 aromatic rings. The normalized spacial score (nSPS) is 28.9. The Morgan fingerprint density at radius 1 is 1.43 bits per heavy atom. The lowest BCUT2D eigenvalue weighted by atomic mass is 10.1. The number of nitrogens with one attached hydrogen (secondary N) is 1. The van der Waals surface area contributed by atoms with Crippen molar-refractivity contribution in [1.29, 1.82) is 0 Å². The lowest BCUT2D eigenvalue weighted by Crippen LogP contribution is -2.56. The molecule has 9 nitrogen and oxygen atoms in total. The summed E-state index contributed by atoms with van der Waals surface area (Å²) >= 11 is 10.7. The summed E-state index contributed by atoms with van der Waals surface area (Å²) in [6, 6.07) is -1.16. The van der Waals surface area contributed by atoms with Crippen LogP contribution in [-0.4, -0.2) is 57.1 Å². The van der Waals surface area contributed by atoms with Gasteiger partial charge in [0.05, 0.1) is 6.42 Å². The SMILES string of the molecule is O=C1CCC(C(=O)O)(N2OC[C@H](NC(=O)C(Cl)Cl)C2=O)O1. The number of carbonyl (C=O) groups excluding carboxylic acids is 3. The Morgan fingerprint density at radius 2 is 2.10 bits per heavy atom. The standard InChI is InChI=1S/C10H10Cl2N2O7/c11-6(12)7(16)13-4-3-20-14(8(4)17)10(9(18)19)2-1-5(15)21-10/h4,6H,1-3H2,(H,13,16)(H,18,19)/t4-,10?/m0/s1. The summed E-state index contributed by atoms with van der Waals surface area (Å²) < 4.78 is 4.74. The van der Waals surface area contributed by atoms with Gasteiger partial charge in [0, 0.05) is 6.42 Å². The Kier molecular flexibility index (Phi) is 4.26. The molecule has 0 aromatic carbocycles. The number of amides is 2. The van der Waals surface area contributed by atoms with Crippen LogP contribution in [0.1, 0.15) is 12.8 Å². The number of rotatable bonds is 4. The average Bonchev–Trinajstić information content (AvgIpc) is 2.95. The maximum Gasteiger partial charge on any atom is 0.372 e. The van der Waals surface area contributed by atoms with Crippen molar-refractivity contribution in [3.63, 3.8) is 0 Å². The molecule has 2 heterocycles. The maximum absolute atomic E-state index is 12.1. The van der Waals surface area contributed by atoms with Gasteiger partial charge in [0.15, 0.2) is 4.84 Å². The fraction of sp³-hybridized carbons (Fsp3) is 0.600. The van der Waals surface area contributed by atoms with Crippen LogP contribution in [0.25, 0.3) is 0 Å². The van der Waals surface area contributed by atoms with E-state index in [-0.39, 0.29) is 19.4 Å². The number of ether oxygens (including phenoxy) is 1. The van der Waals surface area contributed by atoms with Crippen LogP contribution in [0.5, 0.6) is 0 Å². The number of nitrogens with zero attached hydrogens (tertiary/aromatic N) is 1. The Morgan fingerprint density at radius 3 is 2.57 bits per heavy atom. The molecule has 1 unspecified atom stereocenters. The van der Waals surface area contributed by atoms with Crippen LogP contribution in [0.4, 0.5) is 0 Å². The van der Waals surface area contributed by atoms with Crippen molar-refractivity contribution < 1.29 is 33.9 Å². The number of carboxylic acids is 1. The Hall–Kier alpha value is -1.58. The number of alkyl halides is 2. The molecule has 116 valence electrons. The van der Waals surface area contributed by atoms with Gasteiger partial charge in [-0.1, -0.05) is 23.2 Å². The van der Waals surface area contributed by atoms with Gasteiger partial charge < -0.3 is 15.2 Å². The number of carbonyl (C=O) groups is 4. The zero-order valence-electron chi connectivity index (χ0n) is 10.4. The second-order valence-electron chi connectivity index (χ2n) is 4.35. The second kappa shape index (κ2) is 5.66. The lowest BCUT2D eigenvalue weighted by molar-refractivity contribution is -0.256. The van der Waals surface area contributed by atoms with Gasteiger partial charge in [0.2, 0.25) is 0 Å². The molecule has 2 aliphatic rings. The molecular weight excluding hydrogens is 331 g/mol. The van der Waals surface area contributed by atoms with Crippen molar-refractivity contribution in [3.8, 4) is 0 Å². The van der Waals surface area contributed by atoms with Crippen molar-refractivity contribution in [2.24, 2.45) is 0 Å². The predicted octanol–water partition coefficient (Wildman–Crippen LogP) is -0.833. The molecule has 2 amide bonds. The van der Waals surface area contributed by atoms with Crippen LogP contribution in [0.2, 0.25) is 0 Å². The molecule has 0 spiro atoms. The summed E-state index contributed by atoms with van der Waals surface area (Å²) in [6.45, 7) is -0.322. The van der Waals surface area contributed by atoms with Crippen molar-refractivity contribution in [3.05, 3.63) is 0 Å². The minimum Gasteiger partial charge on any atom is -0.477 e. The number of hydroxylamine groups is 2. The van der Waals surface area contributed by atoms with E-state index in [9.17, 15) is 24.3 Å². The number of cyclic esters (lactones) is 1. The van der Waals surface area contributed by atoms with E-state index in [0.717, 1.165) is 0 Å². The topological polar surface area (TPSA) is 122 Å². The quantitative estimate of drug-likeness (QED) is 0.505. The van der Waals surface area contributed by atoms with Gasteiger partial charge in [-0.25, -0.2) is 4.79 Å². The van der Waals surface area contributed by atoms with Crippen molar-refractivity contribution in [2.75, 3.05) is 6.61 Å².